The van der Waals surface area contributed by atoms with Gasteiger partial charge in [-0.15, -0.1) is 0 Å². The Balaban J connectivity index is 3.39. The second-order valence-corrected chi connectivity index (χ2v) is 3.09. The molecule has 0 saturated heterocycles. The molecule has 0 fully saturated rings. The summed E-state index contributed by atoms with van der Waals surface area (Å²) < 4.78 is 5.44. The topological polar surface area (TPSA) is 9.23 Å². The van der Waals surface area contributed by atoms with Gasteiger partial charge >= 0.3 is 0 Å². The third kappa shape index (κ3) is 4.62. The Morgan fingerprint density at radius 2 is 2.20 bits per heavy atom. The minimum atomic E-state index is 0.454. The summed E-state index contributed by atoms with van der Waals surface area (Å²) in [6.07, 6.45) is 5.82. The van der Waals surface area contributed by atoms with Gasteiger partial charge in [-0.05, 0) is 12.8 Å². The van der Waals surface area contributed by atoms with Gasteiger partial charge in [0.1, 0.15) is 0 Å². The van der Waals surface area contributed by atoms with E-state index in [0.717, 1.165) is 16.7 Å². The molecule has 0 heterocycles. The highest BCUT2D eigenvalue weighted by Crippen LogP contribution is 2.05. The maximum atomic E-state index is 5.44. The highest BCUT2D eigenvalue weighted by molar-refractivity contribution is 6.16. The molecular weight excluding hydrogens is 140 g/mol. The van der Waals surface area contributed by atoms with Gasteiger partial charge in [0.15, 0.2) is 0 Å². The zero-order valence-corrected chi connectivity index (χ0v) is 9.26. The third-order valence-electron chi connectivity index (χ3n) is 1.47. The standard InChI is InChI=1S/C8H18OSi/c1-3-5-8(4-2)9-6-7-10/h6-8H,3-5H2,1-2,10H3. The molecular formula is C8H18OSi. The van der Waals surface area contributed by atoms with Gasteiger partial charge in [-0.1, -0.05) is 26.0 Å². The molecule has 2 heteroatoms. The lowest BCUT2D eigenvalue weighted by Gasteiger charge is -2.12. The quantitative estimate of drug-likeness (QED) is 0.434. The summed E-state index contributed by atoms with van der Waals surface area (Å²) >= 11 is 0. The predicted octanol–water partition coefficient (Wildman–Crippen LogP) is 1.42. The molecule has 0 saturated carbocycles. The van der Waals surface area contributed by atoms with Crippen molar-refractivity contribution in [3.8, 4) is 0 Å². The van der Waals surface area contributed by atoms with Crippen LogP contribution in [0.2, 0.25) is 0 Å². The molecule has 0 aromatic rings. The van der Waals surface area contributed by atoms with Crippen molar-refractivity contribution >= 4 is 10.2 Å². The van der Waals surface area contributed by atoms with E-state index in [2.05, 4.69) is 19.5 Å². The maximum Gasteiger partial charge on any atom is 0.0975 e. The molecule has 1 nitrogen and oxygen atoms in total. The summed E-state index contributed by atoms with van der Waals surface area (Å²) in [6, 6.07) is 0. The van der Waals surface area contributed by atoms with Crippen molar-refractivity contribution < 1.29 is 4.74 Å². The van der Waals surface area contributed by atoms with E-state index in [1.165, 1.54) is 12.8 Å². The molecule has 0 rings (SSSR count). The van der Waals surface area contributed by atoms with Crippen molar-refractivity contribution in [3.05, 3.63) is 12.0 Å². The predicted molar refractivity (Wildman–Crippen MR) is 49.2 cm³/mol. The van der Waals surface area contributed by atoms with Crippen molar-refractivity contribution in [2.24, 2.45) is 0 Å². The van der Waals surface area contributed by atoms with Crippen molar-refractivity contribution in [2.45, 2.75) is 39.2 Å². The minimum absolute atomic E-state index is 0.454. The van der Waals surface area contributed by atoms with Gasteiger partial charge in [-0.2, -0.15) is 0 Å². The highest BCUT2D eigenvalue weighted by atomic mass is 28.1. The van der Waals surface area contributed by atoms with Crippen LogP contribution >= 0.6 is 0 Å². The molecule has 0 aromatic heterocycles. The molecule has 0 spiro atoms. The van der Waals surface area contributed by atoms with Gasteiger partial charge in [0, 0.05) is 10.2 Å². The van der Waals surface area contributed by atoms with Crippen molar-refractivity contribution in [1.29, 1.82) is 0 Å². The van der Waals surface area contributed by atoms with E-state index in [1.54, 1.807) is 0 Å². The minimum Gasteiger partial charge on any atom is -0.499 e. The summed E-state index contributed by atoms with van der Waals surface area (Å²) in [5, 5.41) is 0. The zero-order chi connectivity index (χ0) is 7.82. The summed E-state index contributed by atoms with van der Waals surface area (Å²) in [5.41, 5.74) is 2.07. The smallest absolute Gasteiger partial charge is 0.0975 e. The van der Waals surface area contributed by atoms with E-state index in [1.807, 2.05) is 6.26 Å². The Kier molecular flexibility index (Phi) is 6.70. The molecule has 0 radical (unpaired) electrons. The number of ether oxygens (including phenoxy) is 1. The summed E-state index contributed by atoms with van der Waals surface area (Å²) in [7, 11) is 1.10. The van der Waals surface area contributed by atoms with Crippen LogP contribution < -0.4 is 0 Å². The molecule has 0 aromatic carbocycles. The molecule has 0 aliphatic heterocycles. The first-order chi connectivity index (χ1) is 4.85. The number of rotatable bonds is 5. The Morgan fingerprint density at radius 3 is 2.60 bits per heavy atom. The maximum absolute atomic E-state index is 5.44. The van der Waals surface area contributed by atoms with Gasteiger partial charge in [0.05, 0.1) is 12.4 Å². The summed E-state index contributed by atoms with van der Waals surface area (Å²) in [6.45, 7) is 4.36. The van der Waals surface area contributed by atoms with E-state index in [0.29, 0.717) is 6.10 Å². The Labute approximate surface area is 66.9 Å². The van der Waals surface area contributed by atoms with Crippen LogP contribution in [0.4, 0.5) is 0 Å². The highest BCUT2D eigenvalue weighted by Gasteiger charge is 2.01. The van der Waals surface area contributed by atoms with Crippen LogP contribution in [-0.2, 0) is 4.74 Å². The molecule has 0 aliphatic rings. The van der Waals surface area contributed by atoms with E-state index < -0.39 is 0 Å². The lowest BCUT2D eigenvalue weighted by molar-refractivity contribution is 0.131. The Bertz CT molecular complexity index is 91.3. The molecule has 0 bridgehead atoms. The average Bonchev–Trinajstić information content (AvgIpc) is 1.98. The first-order valence-corrected chi connectivity index (χ1v) is 5.27. The Morgan fingerprint density at radius 1 is 1.50 bits per heavy atom. The van der Waals surface area contributed by atoms with Gasteiger partial charge in [0.2, 0.25) is 0 Å². The molecule has 0 amide bonds. The van der Waals surface area contributed by atoms with E-state index in [-0.39, 0.29) is 0 Å². The molecule has 1 atom stereocenters. The van der Waals surface area contributed by atoms with Gasteiger partial charge in [-0.3, -0.25) is 0 Å². The Hall–Kier alpha value is -0.243. The largest absolute Gasteiger partial charge is 0.499 e. The first-order valence-electron chi connectivity index (χ1n) is 4.11. The van der Waals surface area contributed by atoms with Crippen LogP contribution in [0.5, 0.6) is 0 Å². The fraction of sp³-hybridized carbons (Fsp3) is 0.750. The summed E-state index contributed by atoms with van der Waals surface area (Å²) in [5.74, 6) is 0. The lowest BCUT2D eigenvalue weighted by Crippen LogP contribution is -2.06. The van der Waals surface area contributed by atoms with Crippen LogP contribution in [0.3, 0.4) is 0 Å². The van der Waals surface area contributed by atoms with Gasteiger partial charge < -0.3 is 4.74 Å². The molecule has 0 aliphatic carbocycles. The second kappa shape index (κ2) is 6.87. The van der Waals surface area contributed by atoms with Crippen molar-refractivity contribution in [1.82, 2.24) is 0 Å². The number of hydrogen-bond donors (Lipinski definition) is 0. The zero-order valence-electron chi connectivity index (χ0n) is 7.26. The molecule has 0 N–H and O–H groups in total. The fourth-order valence-corrected chi connectivity index (χ4v) is 1.04. The lowest BCUT2D eigenvalue weighted by atomic mass is 10.2. The van der Waals surface area contributed by atoms with Crippen molar-refractivity contribution in [3.63, 3.8) is 0 Å². The average molecular weight is 158 g/mol. The first kappa shape index (κ1) is 9.76. The van der Waals surface area contributed by atoms with Crippen LogP contribution in [0, 0.1) is 0 Å². The number of hydrogen-bond acceptors (Lipinski definition) is 1. The molecule has 1 unspecified atom stereocenters. The van der Waals surface area contributed by atoms with Gasteiger partial charge in [-0.25, -0.2) is 0 Å². The second-order valence-electron chi connectivity index (χ2n) is 2.42. The molecule has 60 valence electrons. The fourth-order valence-electron chi connectivity index (χ4n) is 0.880. The van der Waals surface area contributed by atoms with Gasteiger partial charge in [0.25, 0.3) is 0 Å². The summed E-state index contributed by atoms with van der Waals surface area (Å²) in [4.78, 5) is 0. The molecule has 10 heavy (non-hydrogen) atoms. The SMILES string of the molecule is CCCC(CC)OC=C[SiH3]. The van der Waals surface area contributed by atoms with Crippen LogP contribution in [0.1, 0.15) is 33.1 Å². The van der Waals surface area contributed by atoms with E-state index in [9.17, 15) is 0 Å². The van der Waals surface area contributed by atoms with E-state index in [4.69, 9.17) is 4.74 Å². The normalized spacial score (nSPS) is 14.2. The third-order valence-corrected chi connectivity index (χ3v) is 1.75. The monoisotopic (exact) mass is 158 g/mol. The van der Waals surface area contributed by atoms with Crippen LogP contribution in [-0.4, -0.2) is 16.3 Å². The van der Waals surface area contributed by atoms with Crippen LogP contribution in [0.15, 0.2) is 12.0 Å². The van der Waals surface area contributed by atoms with Crippen LogP contribution in [0.25, 0.3) is 0 Å². The van der Waals surface area contributed by atoms with E-state index >= 15 is 0 Å². The van der Waals surface area contributed by atoms with Crippen molar-refractivity contribution in [2.75, 3.05) is 0 Å².